The molecule has 0 radical (unpaired) electrons. The summed E-state index contributed by atoms with van der Waals surface area (Å²) in [6.07, 6.45) is -3.43. The van der Waals surface area contributed by atoms with Crippen molar-refractivity contribution in [3.8, 4) is 0 Å². The molecule has 0 saturated heterocycles. The van der Waals surface area contributed by atoms with Gasteiger partial charge in [0.1, 0.15) is 29.7 Å². The van der Waals surface area contributed by atoms with Crippen LogP contribution in [0.2, 0.25) is 0 Å². The van der Waals surface area contributed by atoms with Gasteiger partial charge in [-0.1, -0.05) is 86.6 Å². The molecule has 1 heterocycles. The predicted molar refractivity (Wildman–Crippen MR) is 192 cm³/mol. The standard InChI is InChI=1S/C38H50N6O6/c1-24(2)32(43-36(48)44(6)23-31-39-27-19-13-14-20-28(27)40-31)35(47)41-29(21-25-15-9-7-10-16-25)33(45)34(46)30(22-26-17-11-8-12-18-26)42-37(49)50-38(3,4)5/h7-20,24,29-30,32-34,45-46H,21-23H2,1-6H3,(H,39,40)(H,41,47)(H,42,49)(H,43,48)/t29-,30?,32+,33-,34+/m1/s1. The Hall–Kier alpha value is -4.94. The molecule has 6 N–H and O–H groups in total. The van der Waals surface area contributed by atoms with E-state index in [0.717, 1.165) is 22.2 Å². The topological polar surface area (TPSA) is 169 Å². The molecule has 0 bridgehead atoms. The number of alkyl carbamates (subject to hydrolysis) is 1. The first-order valence-electron chi connectivity index (χ1n) is 16.9. The van der Waals surface area contributed by atoms with Gasteiger partial charge >= 0.3 is 12.1 Å². The van der Waals surface area contributed by atoms with Crippen LogP contribution >= 0.6 is 0 Å². The summed E-state index contributed by atoms with van der Waals surface area (Å²) in [5.74, 6) is -0.255. The number of urea groups is 1. The van der Waals surface area contributed by atoms with Gasteiger partial charge in [-0.3, -0.25) is 4.79 Å². The van der Waals surface area contributed by atoms with Crippen molar-refractivity contribution >= 4 is 29.1 Å². The van der Waals surface area contributed by atoms with E-state index in [1.54, 1.807) is 27.8 Å². The fraction of sp³-hybridized carbons (Fsp3) is 0.421. The first kappa shape index (κ1) is 37.9. The number of para-hydroxylation sites is 2. The predicted octanol–water partition coefficient (Wildman–Crippen LogP) is 4.31. The van der Waals surface area contributed by atoms with E-state index in [4.69, 9.17) is 4.74 Å². The molecule has 4 amide bonds. The van der Waals surface area contributed by atoms with Crippen LogP contribution in [0.4, 0.5) is 9.59 Å². The van der Waals surface area contributed by atoms with E-state index < -0.39 is 54.0 Å². The number of imidazole rings is 1. The van der Waals surface area contributed by atoms with Crippen LogP contribution in [0.3, 0.4) is 0 Å². The van der Waals surface area contributed by atoms with Gasteiger partial charge in [-0.15, -0.1) is 0 Å². The van der Waals surface area contributed by atoms with E-state index in [1.165, 1.54) is 4.90 Å². The second-order valence-corrected chi connectivity index (χ2v) is 14.0. The summed E-state index contributed by atoms with van der Waals surface area (Å²) >= 11 is 0. The third-order valence-electron chi connectivity index (χ3n) is 8.20. The summed E-state index contributed by atoms with van der Waals surface area (Å²) in [5, 5.41) is 31.8. The molecule has 4 aromatic rings. The van der Waals surface area contributed by atoms with Crippen LogP contribution in [0, 0.1) is 5.92 Å². The Balaban J connectivity index is 1.52. The van der Waals surface area contributed by atoms with Crippen LogP contribution in [-0.4, -0.2) is 86.1 Å². The quantitative estimate of drug-likeness (QED) is 0.115. The van der Waals surface area contributed by atoms with Gasteiger partial charge in [-0.2, -0.15) is 0 Å². The lowest BCUT2D eigenvalue weighted by Crippen LogP contribution is -2.60. The van der Waals surface area contributed by atoms with Crippen LogP contribution in [0.5, 0.6) is 0 Å². The van der Waals surface area contributed by atoms with Crippen LogP contribution in [0.15, 0.2) is 84.9 Å². The van der Waals surface area contributed by atoms with Gasteiger partial charge in [0, 0.05) is 7.05 Å². The highest BCUT2D eigenvalue weighted by Crippen LogP contribution is 2.17. The molecule has 3 aromatic carbocycles. The molecule has 0 aliphatic heterocycles. The first-order chi connectivity index (χ1) is 23.7. The lowest BCUT2D eigenvalue weighted by molar-refractivity contribution is -0.126. The summed E-state index contributed by atoms with van der Waals surface area (Å²) < 4.78 is 5.46. The van der Waals surface area contributed by atoms with Gasteiger partial charge in [0.15, 0.2) is 0 Å². The van der Waals surface area contributed by atoms with Crippen LogP contribution in [0.25, 0.3) is 11.0 Å². The number of hydrogen-bond acceptors (Lipinski definition) is 7. The third kappa shape index (κ3) is 11.0. The maximum atomic E-state index is 13.9. The Morgan fingerprint density at radius 1 is 0.800 bits per heavy atom. The Labute approximate surface area is 293 Å². The second-order valence-electron chi connectivity index (χ2n) is 14.0. The number of aliphatic hydroxyl groups excluding tert-OH is 2. The number of fused-ring (bicyclic) bond motifs is 1. The normalized spacial score (nSPS) is 14.7. The summed E-state index contributed by atoms with van der Waals surface area (Å²) in [5.41, 5.74) is 2.48. The molecule has 0 aliphatic rings. The number of ether oxygens (including phenoxy) is 1. The number of rotatable bonds is 14. The summed E-state index contributed by atoms with van der Waals surface area (Å²) in [7, 11) is 1.61. The molecule has 0 fully saturated rings. The zero-order valence-corrected chi connectivity index (χ0v) is 29.6. The largest absolute Gasteiger partial charge is 0.444 e. The molecular formula is C38H50N6O6. The molecule has 12 nitrogen and oxygen atoms in total. The highest BCUT2D eigenvalue weighted by Gasteiger charge is 2.37. The number of carbonyl (C=O) groups excluding carboxylic acids is 3. The van der Waals surface area contributed by atoms with Crippen molar-refractivity contribution in [3.63, 3.8) is 0 Å². The van der Waals surface area contributed by atoms with Crippen LogP contribution in [-0.2, 0) is 28.9 Å². The molecule has 0 aliphatic carbocycles. The Morgan fingerprint density at radius 3 is 1.84 bits per heavy atom. The highest BCUT2D eigenvalue weighted by molar-refractivity contribution is 5.87. The van der Waals surface area contributed by atoms with Crippen molar-refractivity contribution in [1.82, 2.24) is 30.8 Å². The van der Waals surface area contributed by atoms with Gasteiger partial charge in [-0.25, -0.2) is 14.6 Å². The maximum Gasteiger partial charge on any atom is 0.407 e. The van der Waals surface area contributed by atoms with Crippen molar-refractivity contribution in [2.24, 2.45) is 5.92 Å². The Morgan fingerprint density at radius 2 is 1.32 bits per heavy atom. The minimum atomic E-state index is -1.53. The number of aromatic nitrogens is 2. The zero-order valence-electron chi connectivity index (χ0n) is 29.6. The van der Waals surface area contributed by atoms with Crippen molar-refractivity contribution in [2.45, 2.75) is 89.9 Å². The number of nitrogens with one attached hydrogen (secondary N) is 4. The maximum absolute atomic E-state index is 13.9. The van der Waals surface area contributed by atoms with Gasteiger partial charge in [0.05, 0.1) is 29.7 Å². The number of aromatic amines is 1. The summed E-state index contributed by atoms with van der Waals surface area (Å²) in [6.45, 7) is 8.99. The van der Waals surface area contributed by atoms with Crippen molar-refractivity contribution in [2.75, 3.05) is 7.05 Å². The molecule has 4 rings (SSSR count). The number of amides is 4. The second kappa shape index (κ2) is 17.1. The van der Waals surface area contributed by atoms with Crippen LogP contribution < -0.4 is 16.0 Å². The fourth-order valence-corrected chi connectivity index (χ4v) is 5.61. The number of H-pyrrole nitrogens is 1. The first-order valence-corrected chi connectivity index (χ1v) is 16.9. The molecule has 0 saturated carbocycles. The van der Waals surface area contributed by atoms with Crippen LogP contribution in [0.1, 0.15) is 51.6 Å². The average molecular weight is 687 g/mol. The molecule has 1 aromatic heterocycles. The third-order valence-corrected chi connectivity index (χ3v) is 8.20. The number of benzene rings is 3. The number of carbonyl (C=O) groups is 3. The van der Waals surface area contributed by atoms with Crippen molar-refractivity contribution in [1.29, 1.82) is 0 Å². The molecule has 0 spiro atoms. The van der Waals surface area contributed by atoms with Gasteiger partial charge in [0.25, 0.3) is 0 Å². The molecular weight excluding hydrogens is 636 g/mol. The van der Waals surface area contributed by atoms with E-state index >= 15 is 0 Å². The van der Waals surface area contributed by atoms with Gasteiger partial charge in [-0.05, 0) is 62.8 Å². The highest BCUT2D eigenvalue weighted by atomic mass is 16.6. The number of hydrogen-bond donors (Lipinski definition) is 6. The minimum absolute atomic E-state index is 0.167. The molecule has 5 atom stereocenters. The Kier molecular flexibility index (Phi) is 13.0. The Bertz CT molecular complexity index is 1660. The average Bonchev–Trinajstić information content (AvgIpc) is 3.48. The van der Waals surface area contributed by atoms with E-state index in [2.05, 4.69) is 25.9 Å². The van der Waals surface area contributed by atoms with Gasteiger partial charge < -0.3 is 40.8 Å². The minimum Gasteiger partial charge on any atom is -0.444 e. The van der Waals surface area contributed by atoms with Gasteiger partial charge in [0.2, 0.25) is 5.91 Å². The molecule has 1 unspecified atom stereocenters. The monoisotopic (exact) mass is 686 g/mol. The van der Waals surface area contributed by atoms with E-state index in [9.17, 15) is 24.6 Å². The van der Waals surface area contributed by atoms with Crippen molar-refractivity contribution < 1.29 is 29.3 Å². The van der Waals surface area contributed by atoms with E-state index in [1.807, 2.05) is 98.8 Å². The molecule has 268 valence electrons. The smallest absolute Gasteiger partial charge is 0.407 e. The van der Waals surface area contributed by atoms with E-state index in [-0.39, 0.29) is 25.3 Å². The lowest BCUT2D eigenvalue weighted by atomic mass is 9.90. The van der Waals surface area contributed by atoms with E-state index in [0.29, 0.717) is 5.82 Å². The SMILES string of the molecule is CC(C)[C@H](NC(=O)N(C)Cc1nc2ccccc2[nH]1)C(=O)N[C@H](Cc1ccccc1)[C@@H](O)[C@@H](O)C(Cc1ccccc1)NC(=O)OC(C)(C)C. The fourth-order valence-electron chi connectivity index (χ4n) is 5.61. The summed E-state index contributed by atoms with van der Waals surface area (Å²) in [4.78, 5) is 49.2. The van der Waals surface area contributed by atoms with Crippen molar-refractivity contribution in [3.05, 3.63) is 102 Å². The molecule has 12 heteroatoms. The molecule has 50 heavy (non-hydrogen) atoms. The summed E-state index contributed by atoms with van der Waals surface area (Å²) in [6, 6.07) is 22.7. The lowest BCUT2D eigenvalue weighted by Gasteiger charge is -2.34. The number of nitrogens with zero attached hydrogens (tertiary/aromatic N) is 2. The zero-order chi connectivity index (χ0) is 36.4. The number of aliphatic hydroxyl groups is 2.